The molecule has 7 heteroatoms. The number of piperidine rings is 1. The second-order valence-corrected chi connectivity index (χ2v) is 9.15. The fourth-order valence-electron chi connectivity index (χ4n) is 4.85. The summed E-state index contributed by atoms with van der Waals surface area (Å²) in [5, 5.41) is 0.511. The van der Waals surface area contributed by atoms with Crippen LogP contribution in [0.3, 0.4) is 0 Å². The van der Waals surface area contributed by atoms with Gasteiger partial charge in [0.05, 0.1) is 34.4 Å². The lowest BCUT2D eigenvalue weighted by Gasteiger charge is -2.37. The summed E-state index contributed by atoms with van der Waals surface area (Å²) >= 11 is 6.59. The summed E-state index contributed by atoms with van der Waals surface area (Å²) < 4.78 is 1.86. The molecule has 2 unspecified atom stereocenters. The maximum absolute atomic E-state index is 13.5. The Morgan fingerprint density at radius 2 is 2.13 bits per heavy atom. The van der Waals surface area contributed by atoms with Crippen molar-refractivity contribution in [1.82, 2.24) is 14.4 Å². The van der Waals surface area contributed by atoms with Crippen LogP contribution in [-0.4, -0.2) is 71.9 Å². The summed E-state index contributed by atoms with van der Waals surface area (Å²) in [6.07, 6.45) is 10.9. The highest BCUT2D eigenvalue weighted by atomic mass is 35.5. The van der Waals surface area contributed by atoms with Crippen LogP contribution in [0.15, 0.2) is 29.0 Å². The smallest absolute Gasteiger partial charge is 0.170 e. The van der Waals surface area contributed by atoms with E-state index in [1.54, 1.807) is 12.4 Å². The van der Waals surface area contributed by atoms with Crippen LogP contribution in [0.5, 0.6) is 0 Å². The van der Waals surface area contributed by atoms with Crippen molar-refractivity contribution in [2.75, 3.05) is 33.7 Å². The van der Waals surface area contributed by atoms with Crippen molar-refractivity contribution in [2.45, 2.75) is 37.6 Å². The van der Waals surface area contributed by atoms with Gasteiger partial charge in [0.15, 0.2) is 11.6 Å². The molecule has 1 aliphatic carbocycles. The van der Waals surface area contributed by atoms with Crippen LogP contribution in [0, 0.1) is 0 Å². The number of likely N-dealkylation sites (tertiary alicyclic amines) is 1. The van der Waals surface area contributed by atoms with E-state index in [1.165, 1.54) is 6.42 Å². The molecule has 4 rings (SSSR count). The fourth-order valence-corrected chi connectivity index (χ4v) is 5.20. The highest BCUT2D eigenvalue weighted by molar-refractivity contribution is 6.34. The number of hydrogen-bond donors (Lipinski definition) is 0. The van der Waals surface area contributed by atoms with Crippen LogP contribution in [0.4, 0.5) is 0 Å². The minimum Gasteiger partial charge on any atom is -0.349 e. The molecule has 0 aromatic carbocycles. The van der Waals surface area contributed by atoms with Crippen molar-refractivity contribution < 1.29 is 9.59 Å². The third-order valence-electron chi connectivity index (χ3n) is 6.23. The van der Waals surface area contributed by atoms with Crippen LogP contribution in [0.25, 0.3) is 5.57 Å². The number of aromatic nitrogens is 1. The van der Waals surface area contributed by atoms with Crippen LogP contribution < -0.4 is 0 Å². The molecule has 1 fully saturated rings. The minimum atomic E-state index is -0.553. The monoisotopic (exact) mass is 428 g/mol. The number of ketones is 2. The lowest BCUT2D eigenvalue weighted by atomic mass is 9.90. The predicted octanol–water partition coefficient (Wildman–Crippen LogP) is 3.07. The Morgan fingerprint density at radius 1 is 1.33 bits per heavy atom. The summed E-state index contributed by atoms with van der Waals surface area (Å²) in [4.78, 5) is 35.3. The van der Waals surface area contributed by atoms with Crippen LogP contribution >= 0.6 is 11.6 Å². The third-order valence-corrected chi connectivity index (χ3v) is 6.53. The second kappa shape index (κ2) is 8.61. The van der Waals surface area contributed by atoms with E-state index >= 15 is 0 Å². The number of aryl methyl sites for hydroxylation is 1. The number of allylic oxidation sites excluding steroid dienone is 3. The van der Waals surface area contributed by atoms with E-state index in [4.69, 9.17) is 11.6 Å². The van der Waals surface area contributed by atoms with Crippen molar-refractivity contribution in [1.29, 1.82) is 0 Å². The van der Waals surface area contributed by atoms with Crippen molar-refractivity contribution in [3.8, 4) is 0 Å². The van der Waals surface area contributed by atoms with Gasteiger partial charge in [0.2, 0.25) is 0 Å². The number of carbonyl (C=O) groups is 2. The van der Waals surface area contributed by atoms with Gasteiger partial charge in [0.25, 0.3) is 0 Å². The molecular weight excluding hydrogens is 400 g/mol. The normalized spacial score (nSPS) is 24.2. The number of Topliss-reactive ketones (excluding diaryl/α,β-unsaturated/α-hetero) is 2. The maximum Gasteiger partial charge on any atom is 0.170 e. The molecule has 0 N–H and O–H groups in total. The molecule has 160 valence electrons. The quantitative estimate of drug-likeness (QED) is 0.723. The predicted molar refractivity (Wildman–Crippen MR) is 120 cm³/mol. The first kappa shape index (κ1) is 21.2. The zero-order chi connectivity index (χ0) is 21.4. The molecule has 0 amide bonds. The zero-order valence-corrected chi connectivity index (χ0v) is 18.7. The molecule has 6 nitrogen and oxygen atoms in total. The van der Waals surface area contributed by atoms with E-state index in [0.717, 1.165) is 31.6 Å². The molecule has 3 heterocycles. The summed E-state index contributed by atoms with van der Waals surface area (Å²) in [7, 11) is 6.01. The molecule has 0 spiro atoms. The average Bonchev–Trinajstić information content (AvgIpc) is 2.87. The van der Waals surface area contributed by atoms with E-state index in [-0.39, 0.29) is 11.6 Å². The Hall–Kier alpha value is -2.02. The van der Waals surface area contributed by atoms with Gasteiger partial charge in [0.1, 0.15) is 0 Å². The highest BCUT2D eigenvalue weighted by Crippen LogP contribution is 2.39. The van der Waals surface area contributed by atoms with E-state index in [0.29, 0.717) is 40.9 Å². The maximum atomic E-state index is 13.5. The van der Waals surface area contributed by atoms with Gasteiger partial charge >= 0.3 is 0 Å². The molecule has 1 aromatic rings. The van der Waals surface area contributed by atoms with Gasteiger partial charge in [-0.1, -0.05) is 24.1 Å². The first-order chi connectivity index (χ1) is 14.4. The molecule has 0 bridgehead atoms. The van der Waals surface area contributed by atoms with Gasteiger partial charge in [0, 0.05) is 44.0 Å². The van der Waals surface area contributed by atoms with E-state index in [9.17, 15) is 9.59 Å². The first-order valence-electron chi connectivity index (χ1n) is 10.6. The number of rotatable bonds is 5. The van der Waals surface area contributed by atoms with Gasteiger partial charge < -0.3 is 9.47 Å². The zero-order valence-electron chi connectivity index (χ0n) is 17.9. The molecular formula is C23H29ClN4O2. The molecule has 0 saturated carbocycles. The number of carbonyl (C=O) groups excluding carboxylic acids is 2. The fraction of sp³-hybridized carbons (Fsp3) is 0.522. The molecule has 2 atom stereocenters. The Labute approximate surface area is 182 Å². The molecule has 1 aromatic heterocycles. The van der Waals surface area contributed by atoms with Crippen molar-refractivity contribution in [3.63, 3.8) is 0 Å². The largest absolute Gasteiger partial charge is 0.349 e. The van der Waals surface area contributed by atoms with Crippen LogP contribution in [0.1, 0.15) is 42.9 Å². The summed E-state index contributed by atoms with van der Waals surface area (Å²) in [5.74, 6) is -0.462. The summed E-state index contributed by atoms with van der Waals surface area (Å²) in [6, 6.07) is 0.377. The number of halogens is 1. The van der Waals surface area contributed by atoms with Gasteiger partial charge in [-0.25, -0.2) is 0 Å². The number of aliphatic imine (C=N–C) groups is 1. The summed E-state index contributed by atoms with van der Waals surface area (Å²) in [5.41, 5.74) is 2.62. The molecule has 30 heavy (non-hydrogen) atoms. The summed E-state index contributed by atoms with van der Waals surface area (Å²) in [6.45, 7) is 2.24. The highest BCUT2D eigenvalue weighted by Gasteiger charge is 2.35. The Morgan fingerprint density at radius 3 is 2.90 bits per heavy atom. The van der Waals surface area contributed by atoms with Gasteiger partial charge in [-0.05, 0) is 39.6 Å². The molecule has 2 aliphatic heterocycles. The SMILES string of the molecule is CN(C)CC1CCCCN1CC(=O)C1C=NC2=C(C(=O)CC=C2)c2c1c(Cl)cn2C. The van der Waals surface area contributed by atoms with Gasteiger partial charge in [-0.2, -0.15) is 0 Å². The second-order valence-electron chi connectivity index (χ2n) is 8.74. The van der Waals surface area contributed by atoms with Crippen LogP contribution in [0.2, 0.25) is 5.02 Å². The average molecular weight is 429 g/mol. The lowest BCUT2D eigenvalue weighted by Crippen LogP contribution is -2.48. The van der Waals surface area contributed by atoms with Crippen molar-refractivity contribution >= 4 is 35.0 Å². The number of nitrogens with zero attached hydrogens (tertiary/aromatic N) is 4. The Kier molecular flexibility index (Phi) is 6.09. The lowest BCUT2D eigenvalue weighted by molar-refractivity contribution is -0.121. The number of likely N-dealkylation sites (N-methyl/N-ethyl adjacent to an activating group) is 1. The molecule has 1 saturated heterocycles. The third kappa shape index (κ3) is 3.96. The van der Waals surface area contributed by atoms with Crippen LogP contribution in [-0.2, 0) is 16.6 Å². The topological polar surface area (TPSA) is 57.9 Å². The number of hydrogen-bond acceptors (Lipinski definition) is 5. The number of fused-ring (bicyclic) bond motifs is 2. The van der Waals surface area contributed by atoms with Crippen molar-refractivity contribution in [2.24, 2.45) is 12.0 Å². The molecule has 3 aliphatic rings. The Balaban J connectivity index is 1.66. The van der Waals surface area contributed by atoms with Crippen molar-refractivity contribution in [3.05, 3.63) is 40.3 Å². The molecule has 0 radical (unpaired) electrons. The standard InChI is InChI=1S/C23H29ClN4O2/c1-26(2)12-15-7-4-5-10-28(15)14-20(30)16-11-25-18-8-6-9-19(29)22(18)23-21(16)17(24)13-27(23)3/h6,8,11,13,15-16H,4-5,7,9-10,12,14H2,1-3H3. The van der Waals surface area contributed by atoms with Gasteiger partial charge in [-0.15, -0.1) is 0 Å². The van der Waals surface area contributed by atoms with E-state index in [1.807, 2.05) is 23.8 Å². The Bertz CT molecular complexity index is 957. The van der Waals surface area contributed by atoms with E-state index in [2.05, 4.69) is 28.9 Å². The van der Waals surface area contributed by atoms with E-state index < -0.39 is 5.92 Å². The first-order valence-corrected chi connectivity index (χ1v) is 11.0. The minimum absolute atomic E-state index is 0.0129. The van der Waals surface area contributed by atoms with Gasteiger partial charge in [-0.3, -0.25) is 19.5 Å².